The minimum Gasteiger partial charge on any atom is -0.251 e. The molecule has 16 heavy (non-hydrogen) atoms. The van der Waals surface area contributed by atoms with E-state index in [9.17, 15) is 8.42 Å². The smallest absolute Gasteiger partial charge is 0.151 e. The number of nitrogens with zero attached hydrogens (tertiary/aromatic N) is 3. The van der Waals surface area contributed by atoms with E-state index in [-0.39, 0.29) is 16.9 Å². The highest BCUT2D eigenvalue weighted by Gasteiger charge is 2.12. The summed E-state index contributed by atoms with van der Waals surface area (Å²) in [5, 5.41) is 7.58. The number of sulfone groups is 1. The highest BCUT2D eigenvalue weighted by molar-refractivity contribution is 7.91. The molecule has 1 rings (SSSR count). The maximum atomic E-state index is 11.3. The summed E-state index contributed by atoms with van der Waals surface area (Å²) in [6.07, 6.45) is 2.47. The Bertz CT molecular complexity index is 430. The molecule has 0 aliphatic heterocycles. The van der Waals surface area contributed by atoms with Crippen LogP contribution in [-0.2, 0) is 16.4 Å². The van der Waals surface area contributed by atoms with Gasteiger partial charge in [-0.2, -0.15) is 0 Å². The summed E-state index contributed by atoms with van der Waals surface area (Å²) in [7, 11) is -2.96. The van der Waals surface area contributed by atoms with Crippen LogP contribution in [0.5, 0.6) is 0 Å². The van der Waals surface area contributed by atoms with Gasteiger partial charge in [0.25, 0.3) is 0 Å². The number of aryl methyl sites for hydroxylation is 1. The third-order valence-corrected chi connectivity index (χ3v) is 4.52. The molecule has 0 radical (unpaired) electrons. The van der Waals surface area contributed by atoms with Crippen molar-refractivity contribution < 1.29 is 8.42 Å². The highest BCUT2D eigenvalue weighted by Crippen LogP contribution is 2.20. The molecule has 1 aromatic heterocycles. The zero-order valence-corrected chi connectivity index (χ0v) is 11.0. The summed E-state index contributed by atoms with van der Waals surface area (Å²) >= 11 is 5.99. The Morgan fingerprint density at radius 2 is 2.19 bits per heavy atom. The van der Waals surface area contributed by atoms with Crippen LogP contribution in [0.2, 0.25) is 0 Å². The van der Waals surface area contributed by atoms with E-state index in [1.54, 1.807) is 13.1 Å². The van der Waals surface area contributed by atoms with E-state index in [1.807, 2.05) is 6.92 Å². The van der Waals surface area contributed by atoms with Crippen LogP contribution in [0.4, 0.5) is 0 Å². The van der Waals surface area contributed by atoms with Gasteiger partial charge in [-0.05, 0) is 6.42 Å². The van der Waals surface area contributed by atoms with Gasteiger partial charge in [0.2, 0.25) is 0 Å². The minimum atomic E-state index is -2.96. The lowest BCUT2D eigenvalue weighted by atomic mass is 10.3. The Morgan fingerprint density at radius 3 is 2.75 bits per heavy atom. The lowest BCUT2D eigenvalue weighted by molar-refractivity contribution is 0.576. The number of halogens is 1. The largest absolute Gasteiger partial charge is 0.251 e. The van der Waals surface area contributed by atoms with E-state index in [1.165, 1.54) is 4.68 Å². The summed E-state index contributed by atoms with van der Waals surface area (Å²) in [4.78, 5) is 0. The SMILES string of the molecule is CCC(Cl)c1cn(CCS(=O)(=O)CC)nn1. The molecule has 5 nitrogen and oxygen atoms in total. The molecular weight excluding hydrogens is 250 g/mol. The molecule has 1 atom stereocenters. The van der Waals surface area contributed by atoms with Crippen LogP contribution < -0.4 is 0 Å². The second-order valence-electron chi connectivity index (χ2n) is 3.52. The van der Waals surface area contributed by atoms with E-state index < -0.39 is 9.84 Å². The van der Waals surface area contributed by atoms with Crippen LogP contribution in [0.1, 0.15) is 31.3 Å². The van der Waals surface area contributed by atoms with Gasteiger partial charge in [-0.15, -0.1) is 16.7 Å². The van der Waals surface area contributed by atoms with Gasteiger partial charge in [0, 0.05) is 11.9 Å². The zero-order valence-electron chi connectivity index (χ0n) is 9.43. The average molecular weight is 266 g/mol. The van der Waals surface area contributed by atoms with E-state index in [4.69, 9.17) is 11.6 Å². The van der Waals surface area contributed by atoms with Crippen molar-refractivity contribution in [1.82, 2.24) is 15.0 Å². The number of rotatable bonds is 6. The first-order chi connectivity index (χ1) is 7.48. The van der Waals surface area contributed by atoms with Gasteiger partial charge >= 0.3 is 0 Å². The van der Waals surface area contributed by atoms with Crippen LogP contribution in [0.25, 0.3) is 0 Å². The van der Waals surface area contributed by atoms with Gasteiger partial charge in [-0.25, -0.2) is 8.42 Å². The first kappa shape index (κ1) is 13.4. The molecule has 0 aliphatic rings. The molecular formula is C9H16ClN3O2S. The fourth-order valence-corrected chi connectivity index (χ4v) is 2.01. The fourth-order valence-electron chi connectivity index (χ4n) is 1.15. The third-order valence-electron chi connectivity index (χ3n) is 2.31. The van der Waals surface area contributed by atoms with E-state index in [0.717, 1.165) is 6.42 Å². The van der Waals surface area contributed by atoms with Crippen molar-refractivity contribution in [3.63, 3.8) is 0 Å². The maximum Gasteiger partial charge on any atom is 0.151 e. The second kappa shape index (κ2) is 5.63. The number of aromatic nitrogens is 3. The summed E-state index contributed by atoms with van der Waals surface area (Å²) in [6, 6.07) is 0. The third kappa shape index (κ3) is 3.75. The molecule has 0 bridgehead atoms. The molecule has 0 fully saturated rings. The molecule has 0 spiro atoms. The van der Waals surface area contributed by atoms with Gasteiger partial charge in [-0.3, -0.25) is 4.68 Å². The molecule has 0 saturated carbocycles. The lowest BCUT2D eigenvalue weighted by Crippen LogP contribution is -2.14. The molecule has 0 N–H and O–H groups in total. The fraction of sp³-hybridized carbons (Fsp3) is 0.778. The second-order valence-corrected chi connectivity index (χ2v) is 6.52. The van der Waals surface area contributed by atoms with E-state index in [2.05, 4.69) is 10.3 Å². The van der Waals surface area contributed by atoms with E-state index in [0.29, 0.717) is 12.2 Å². The molecule has 7 heteroatoms. The van der Waals surface area contributed by atoms with Gasteiger partial charge in [0.05, 0.1) is 17.7 Å². The molecule has 0 aliphatic carbocycles. The molecule has 1 heterocycles. The van der Waals surface area contributed by atoms with Crippen LogP contribution in [0.3, 0.4) is 0 Å². The lowest BCUT2D eigenvalue weighted by Gasteiger charge is -2.01. The van der Waals surface area contributed by atoms with Gasteiger partial charge in [0.1, 0.15) is 5.69 Å². The standard InChI is InChI=1S/C9H16ClN3O2S/c1-3-8(10)9-7-13(12-11-9)5-6-16(14,15)4-2/h7-8H,3-6H2,1-2H3. The summed E-state index contributed by atoms with van der Waals surface area (Å²) < 4.78 is 24.1. The summed E-state index contributed by atoms with van der Waals surface area (Å²) in [5.74, 6) is 0.243. The first-order valence-electron chi connectivity index (χ1n) is 5.23. The Morgan fingerprint density at radius 1 is 1.50 bits per heavy atom. The highest BCUT2D eigenvalue weighted by atomic mass is 35.5. The monoisotopic (exact) mass is 265 g/mol. The van der Waals surface area contributed by atoms with Gasteiger partial charge < -0.3 is 0 Å². The summed E-state index contributed by atoms with van der Waals surface area (Å²) in [6.45, 7) is 3.92. The van der Waals surface area contributed by atoms with Crippen molar-refractivity contribution in [1.29, 1.82) is 0 Å². The van der Waals surface area contributed by atoms with Crippen LogP contribution in [0, 0.1) is 0 Å². The molecule has 1 aromatic rings. The quantitative estimate of drug-likeness (QED) is 0.730. The number of hydrogen-bond acceptors (Lipinski definition) is 4. The van der Waals surface area contributed by atoms with Crippen LogP contribution in [-0.4, -0.2) is 34.9 Å². The number of hydrogen-bond donors (Lipinski definition) is 0. The predicted molar refractivity (Wildman–Crippen MR) is 63.2 cm³/mol. The molecule has 92 valence electrons. The average Bonchev–Trinajstić information content (AvgIpc) is 2.74. The molecule has 0 amide bonds. The van der Waals surface area contributed by atoms with Crippen molar-refractivity contribution in [3.05, 3.63) is 11.9 Å². The normalized spacial score (nSPS) is 13.9. The predicted octanol–water partition coefficient (Wildman–Crippen LogP) is 1.40. The topological polar surface area (TPSA) is 64.8 Å². The van der Waals surface area contributed by atoms with Crippen LogP contribution >= 0.6 is 11.6 Å². The number of alkyl halides is 1. The Kier molecular flexibility index (Phi) is 4.73. The van der Waals surface area contributed by atoms with Crippen LogP contribution in [0.15, 0.2) is 6.20 Å². The zero-order chi connectivity index (χ0) is 12.2. The Hall–Kier alpha value is -0.620. The summed E-state index contributed by atoms with van der Waals surface area (Å²) in [5.41, 5.74) is 0.693. The molecule has 1 unspecified atom stereocenters. The first-order valence-corrected chi connectivity index (χ1v) is 7.48. The van der Waals surface area contributed by atoms with E-state index >= 15 is 0 Å². The Labute approximate surface area is 101 Å². The van der Waals surface area contributed by atoms with Gasteiger partial charge in [-0.1, -0.05) is 19.1 Å². The van der Waals surface area contributed by atoms with Gasteiger partial charge in [0.15, 0.2) is 9.84 Å². The van der Waals surface area contributed by atoms with Crippen molar-refractivity contribution in [2.45, 2.75) is 32.2 Å². The molecule has 0 saturated heterocycles. The van der Waals surface area contributed by atoms with Crippen molar-refractivity contribution in [3.8, 4) is 0 Å². The van der Waals surface area contributed by atoms with Crippen molar-refractivity contribution >= 4 is 21.4 Å². The van der Waals surface area contributed by atoms with Crippen molar-refractivity contribution in [2.75, 3.05) is 11.5 Å². The maximum absolute atomic E-state index is 11.3. The van der Waals surface area contributed by atoms with Crippen molar-refractivity contribution in [2.24, 2.45) is 0 Å². The molecule has 0 aromatic carbocycles. The Balaban J connectivity index is 2.60. The minimum absolute atomic E-state index is 0.0887.